The number of hydrazone groups is 1. The summed E-state index contributed by atoms with van der Waals surface area (Å²) in [7, 11) is 0. The van der Waals surface area contributed by atoms with E-state index in [2.05, 4.69) is 15.8 Å². The van der Waals surface area contributed by atoms with Crippen LogP contribution in [0.1, 0.15) is 24.0 Å². The molecule has 0 spiro atoms. The summed E-state index contributed by atoms with van der Waals surface area (Å²) in [6.07, 6.45) is 1.58. The van der Waals surface area contributed by atoms with Crippen LogP contribution in [-0.4, -0.2) is 31.2 Å². The molecule has 6 nitrogen and oxygen atoms in total. The van der Waals surface area contributed by atoms with Gasteiger partial charge < -0.3 is 10.1 Å². The highest BCUT2D eigenvalue weighted by atomic mass is 16.5. The second-order valence-electron chi connectivity index (χ2n) is 7.11. The summed E-state index contributed by atoms with van der Waals surface area (Å²) < 4.78 is 5.73. The van der Waals surface area contributed by atoms with Gasteiger partial charge in [-0.15, -0.1) is 0 Å². The highest BCUT2D eigenvalue weighted by Gasteiger charge is 2.40. The second kappa shape index (κ2) is 8.78. The zero-order valence-corrected chi connectivity index (χ0v) is 16.7. The number of carbonyl (C=O) groups is 2. The first kappa shape index (κ1) is 19.6. The van der Waals surface area contributed by atoms with Crippen molar-refractivity contribution in [2.75, 3.05) is 13.2 Å². The number of carbonyl (C=O) groups excluding carboxylic acids is 2. The first-order chi connectivity index (χ1) is 14.7. The molecule has 0 aliphatic carbocycles. The fourth-order valence-electron chi connectivity index (χ4n) is 3.85. The van der Waals surface area contributed by atoms with Crippen LogP contribution in [0.15, 0.2) is 71.8 Å². The predicted molar refractivity (Wildman–Crippen MR) is 117 cm³/mol. The van der Waals surface area contributed by atoms with Crippen molar-refractivity contribution in [1.82, 2.24) is 10.7 Å². The number of hydrogen-bond donors (Lipinski definition) is 2. The van der Waals surface area contributed by atoms with Gasteiger partial charge in [-0.2, -0.15) is 5.10 Å². The molecule has 2 atom stereocenters. The van der Waals surface area contributed by atoms with Crippen molar-refractivity contribution in [1.29, 1.82) is 0 Å². The maximum Gasteiger partial charge on any atom is 0.253 e. The van der Waals surface area contributed by atoms with E-state index >= 15 is 0 Å². The number of nitrogens with zero attached hydrogens (tertiary/aromatic N) is 1. The average Bonchev–Trinajstić information content (AvgIpc) is 3.17. The van der Waals surface area contributed by atoms with Gasteiger partial charge in [0.15, 0.2) is 0 Å². The van der Waals surface area contributed by atoms with Crippen molar-refractivity contribution >= 4 is 28.8 Å². The molecule has 1 aliphatic heterocycles. The molecule has 0 radical (unpaired) electrons. The number of fused-ring (bicyclic) bond motifs is 1. The molecule has 1 aliphatic rings. The van der Waals surface area contributed by atoms with Gasteiger partial charge in [0.05, 0.1) is 12.8 Å². The summed E-state index contributed by atoms with van der Waals surface area (Å²) in [6.45, 7) is 2.87. The Morgan fingerprint density at radius 1 is 1.13 bits per heavy atom. The van der Waals surface area contributed by atoms with Crippen LogP contribution in [0.4, 0.5) is 0 Å². The fourth-order valence-corrected chi connectivity index (χ4v) is 3.85. The minimum Gasteiger partial charge on any atom is -0.493 e. The molecule has 3 aromatic carbocycles. The Kier molecular flexibility index (Phi) is 5.75. The molecule has 0 saturated carbocycles. The highest BCUT2D eigenvalue weighted by molar-refractivity contribution is 6.05. The molecule has 2 N–H and O–H groups in total. The standard InChI is InChI=1S/C24H23N3O3/c1-2-30-21-13-12-17-10-6-7-11-18(17)20(21)15-26-27-24(29)22-19(14-25-23(22)28)16-8-4-3-5-9-16/h3-13,15,19,22H,2,14H2,1H3,(H,25,28)(H,27,29)/b26-15-/t19-,22-/m0/s1. The zero-order chi connectivity index (χ0) is 20.9. The molecule has 30 heavy (non-hydrogen) atoms. The Morgan fingerprint density at radius 2 is 1.90 bits per heavy atom. The summed E-state index contributed by atoms with van der Waals surface area (Å²) in [4.78, 5) is 25.1. The second-order valence-corrected chi connectivity index (χ2v) is 7.11. The summed E-state index contributed by atoms with van der Waals surface area (Å²) in [6, 6.07) is 21.4. The minimum absolute atomic E-state index is 0.217. The van der Waals surface area contributed by atoms with Crippen molar-refractivity contribution in [3.63, 3.8) is 0 Å². The first-order valence-corrected chi connectivity index (χ1v) is 9.99. The molecule has 4 rings (SSSR count). The Balaban J connectivity index is 1.56. The topological polar surface area (TPSA) is 79.8 Å². The molecular weight excluding hydrogens is 378 g/mol. The van der Waals surface area contributed by atoms with Crippen LogP contribution in [0.5, 0.6) is 5.75 Å². The van der Waals surface area contributed by atoms with Gasteiger partial charge in [-0.3, -0.25) is 9.59 Å². The van der Waals surface area contributed by atoms with Crippen LogP contribution in [0.2, 0.25) is 0 Å². The van der Waals surface area contributed by atoms with Crippen molar-refractivity contribution in [2.24, 2.45) is 11.0 Å². The largest absolute Gasteiger partial charge is 0.493 e. The van der Waals surface area contributed by atoms with E-state index in [-0.39, 0.29) is 11.8 Å². The van der Waals surface area contributed by atoms with Gasteiger partial charge in [-0.25, -0.2) is 5.43 Å². The molecule has 6 heteroatoms. The van der Waals surface area contributed by atoms with E-state index in [9.17, 15) is 9.59 Å². The molecule has 1 heterocycles. The molecule has 3 aromatic rings. The molecule has 2 amide bonds. The maximum atomic E-state index is 12.8. The Labute approximate surface area is 174 Å². The zero-order valence-electron chi connectivity index (χ0n) is 16.7. The Hall–Kier alpha value is -3.67. The van der Waals surface area contributed by atoms with E-state index < -0.39 is 11.8 Å². The number of amides is 2. The number of rotatable bonds is 6. The summed E-state index contributed by atoms with van der Waals surface area (Å²) in [5, 5.41) is 8.97. The number of nitrogens with one attached hydrogen (secondary N) is 2. The summed E-state index contributed by atoms with van der Waals surface area (Å²) in [5.74, 6) is -1.05. The lowest BCUT2D eigenvalue weighted by Crippen LogP contribution is -2.34. The van der Waals surface area contributed by atoms with E-state index in [0.717, 1.165) is 21.9 Å². The number of benzene rings is 3. The summed E-state index contributed by atoms with van der Waals surface area (Å²) in [5.41, 5.74) is 4.29. The quantitative estimate of drug-likeness (QED) is 0.378. The van der Waals surface area contributed by atoms with Gasteiger partial charge in [0, 0.05) is 18.0 Å². The van der Waals surface area contributed by atoms with E-state index in [1.54, 1.807) is 6.21 Å². The van der Waals surface area contributed by atoms with Gasteiger partial charge in [0.25, 0.3) is 5.91 Å². The third-order valence-electron chi connectivity index (χ3n) is 5.29. The van der Waals surface area contributed by atoms with Crippen LogP contribution < -0.4 is 15.5 Å². The normalized spacial score (nSPS) is 18.5. The highest BCUT2D eigenvalue weighted by Crippen LogP contribution is 2.29. The van der Waals surface area contributed by atoms with Gasteiger partial charge >= 0.3 is 0 Å². The number of hydrogen-bond acceptors (Lipinski definition) is 4. The predicted octanol–water partition coefficient (Wildman–Crippen LogP) is 3.22. The third kappa shape index (κ3) is 3.89. The van der Waals surface area contributed by atoms with Crippen LogP contribution in [-0.2, 0) is 9.59 Å². The van der Waals surface area contributed by atoms with E-state index in [4.69, 9.17) is 4.74 Å². The molecule has 0 bridgehead atoms. The lowest BCUT2D eigenvalue weighted by Gasteiger charge is -2.15. The van der Waals surface area contributed by atoms with Gasteiger partial charge in [0.2, 0.25) is 5.91 Å². The molecule has 1 fully saturated rings. The third-order valence-corrected chi connectivity index (χ3v) is 5.29. The molecule has 1 saturated heterocycles. The average molecular weight is 401 g/mol. The van der Waals surface area contributed by atoms with Crippen LogP contribution in [0.3, 0.4) is 0 Å². The Morgan fingerprint density at radius 3 is 2.70 bits per heavy atom. The van der Waals surface area contributed by atoms with Crippen molar-refractivity contribution in [2.45, 2.75) is 12.8 Å². The number of ether oxygens (including phenoxy) is 1. The van der Waals surface area contributed by atoms with Crippen molar-refractivity contribution in [3.05, 3.63) is 77.9 Å². The monoisotopic (exact) mass is 401 g/mol. The summed E-state index contributed by atoms with van der Waals surface area (Å²) >= 11 is 0. The van der Waals surface area contributed by atoms with Crippen molar-refractivity contribution in [3.8, 4) is 5.75 Å². The Bertz CT molecular complexity index is 1100. The van der Waals surface area contributed by atoms with E-state index in [1.807, 2.05) is 73.7 Å². The first-order valence-electron chi connectivity index (χ1n) is 9.99. The van der Waals surface area contributed by atoms with Crippen LogP contribution in [0.25, 0.3) is 10.8 Å². The smallest absolute Gasteiger partial charge is 0.253 e. The van der Waals surface area contributed by atoms with Gasteiger partial charge in [-0.1, -0.05) is 60.7 Å². The van der Waals surface area contributed by atoms with Gasteiger partial charge in [0.1, 0.15) is 11.7 Å². The fraction of sp³-hybridized carbons (Fsp3) is 0.208. The lowest BCUT2D eigenvalue weighted by molar-refractivity contribution is -0.133. The molecule has 0 aromatic heterocycles. The van der Waals surface area contributed by atoms with E-state index in [1.165, 1.54) is 0 Å². The SMILES string of the molecule is CCOc1ccc2ccccc2c1/C=N\NC(=O)[C@@H]1C(=O)NC[C@H]1c1ccccc1. The molecule has 152 valence electrons. The van der Waals surface area contributed by atoms with E-state index in [0.29, 0.717) is 18.9 Å². The van der Waals surface area contributed by atoms with Crippen molar-refractivity contribution < 1.29 is 14.3 Å². The lowest BCUT2D eigenvalue weighted by atomic mass is 9.88. The van der Waals surface area contributed by atoms with Crippen LogP contribution in [0, 0.1) is 5.92 Å². The molecule has 0 unspecified atom stereocenters. The minimum atomic E-state index is -0.816. The maximum absolute atomic E-state index is 12.8. The molecular formula is C24H23N3O3. The van der Waals surface area contributed by atoms with Gasteiger partial charge in [-0.05, 0) is 29.3 Å². The van der Waals surface area contributed by atoms with Crippen LogP contribution >= 0.6 is 0 Å².